The molecule has 2 N–H and O–H groups in total. The SMILES string of the molecule is C=CCN(CC=C)c1ccc2nc(CCN)cn2c1. The molecule has 0 saturated heterocycles. The third-order valence-electron chi connectivity index (χ3n) is 2.95. The smallest absolute Gasteiger partial charge is 0.137 e. The van der Waals surface area contributed by atoms with Crippen LogP contribution >= 0.6 is 0 Å². The summed E-state index contributed by atoms with van der Waals surface area (Å²) in [5.74, 6) is 0. The van der Waals surface area contributed by atoms with Crippen molar-refractivity contribution in [2.45, 2.75) is 6.42 Å². The molecule has 0 saturated carbocycles. The number of nitrogens with two attached hydrogens (primary N) is 1. The Morgan fingerprint density at radius 2 is 1.95 bits per heavy atom. The van der Waals surface area contributed by atoms with E-state index in [2.05, 4.69) is 35.3 Å². The largest absolute Gasteiger partial charge is 0.363 e. The molecule has 0 bridgehead atoms. The highest BCUT2D eigenvalue weighted by molar-refractivity contribution is 5.53. The normalized spacial score (nSPS) is 10.6. The molecule has 0 radical (unpaired) electrons. The van der Waals surface area contributed by atoms with E-state index in [1.807, 2.05) is 28.8 Å². The monoisotopic (exact) mass is 256 g/mol. The number of nitrogens with zero attached hydrogens (tertiary/aromatic N) is 3. The van der Waals surface area contributed by atoms with Crippen molar-refractivity contribution in [1.82, 2.24) is 9.38 Å². The van der Waals surface area contributed by atoms with Crippen molar-refractivity contribution in [2.24, 2.45) is 5.73 Å². The van der Waals surface area contributed by atoms with Crippen LogP contribution in [0.5, 0.6) is 0 Å². The van der Waals surface area contributed by atoms with Crippen LogP contribution in [0.3, 0.4) is 0 Å². The Kier molecular flexibility index (Phi) is 4.36. The van der Waals surface area contributed by atoms with E-state index < -0.39 is 0 Å². The van der Waals surface area contributed by atoms with Gasteiger partial charge in [-0.2, -0.15) is 0 Å². The summed E-state index contributed by atoms with van der Waals surface area (Å²) in [7, 11) is 0. The zero-order valence-corrected chi connectivity index (χ0v) is 11.1. The summed E-state index contributed by atoms with van der Waals surface area (Å²) in [5, 5.41) is 0. The van der Waals surface area contributed by atoms with Gasteiger partial charge >= 0.3 is 0 Å². The minimum Gasteiger partial charge on any atom is -0.363 e. The summed E-state index contributed by atoms with van der Waals surface area (Å²) in [4.78, 5) is 6.72. The summed E-state index contributed by atoms with van der Waals surface area (Å²) in [6.07, 6.45) is 8.70. The lowest BCUT2D eigenvalue weighted by molar-refractivity contribution is 0.935. The lowest BCUT2D eigenvalue weighted by Gasteiger charge is -2.21. The number of hydrogen-bond donors (Lipinski definition) is 1. The van der Waals surface area contributed by atoms with Gasteiger partial charge in [-0.25, -0.2) is 4.98 Å². The Bertz CT molecular complexity index is 561. The van der Waals surface area contributed by atoms with Gasteiger partial charge in [-0.1, -0.05) is 12.2 Å². The number of hydrogen-bond acceptors (Lipinski definition) is 3. The van der Waals surface area contributed by atoms with E-state index in [1.54, 1.807) is 0 Å². The third-order valence-corrected chi connectivity index (χ3v) is 2.95. The molecule has 0 aromatic carbocycles. The van der Waals surface area contributed by atoms with Crippen molar-refractivity contribution in [3.05, 3.63) is 55.5 Å². The molecule has 0 amide bonds. The fourth-order valence-electron chi connectivity index (χ4n) is 2.09. The number of anilines is 1. The fourth-order valence-corrected chi connectivity index (χ4v) is 2.09. The number of imidazole rings is 1. The summed E-state index contributed by atoms with van der Waals surface area (Å²) in [5.41, 5.74) is 8.66. The van der Waals surface area contributed by atoms with Gasteiger partial charge in [0.15, 0.2) is 0 Å². The van der Waals surface area contributed by atoms with E-state index >= 15 is 0 Å². The maximum atomic E-state index is 5.56. The van der Waals surface area contributed by atoms with Gasteiger partial charge in [-0.3, -0.25) is 0 Å². The van der Waals surface area contributed by atoms with Gasteiger partial charge in [-0.15, -0.1) is 13.2 Å². The van der Waals surface area contributed by atoms with Gasteiger partial charge in [0, 0.05) is 31.9 Å². The van der Waals surface area contributed by atoms with Gasteiger partial charge in [0.1, 0.15) is 5.65 Å². The second-order valence-electron chi connectivity index (χ2n) is 4.41. The predicted octanol–water partition coefficient (Wildman–Crippen LogP) is 2.01. The van der Waals surface area contributed by atoms with E-state index in [9.17, 15) is 0 Å². The van der Waals surface area contributed by atoms with E-state index in [0.29, 0.717) is 6.54 Å². The topological polar surface area (TPSA) is 46.6 Å². The minimum absolute atomic E-state index is 0.621. The molecule has 2 aromatic rings. The first kappa shape index (κ1) is 13.4. The maximum Gasteiger partial charge on any atom is 0.137 e. The Morgan fingerprint density at radius 3 is 2.58 bits per heavy atom. The van der Waals surface area contributed by atoms with Crippen LogP contribution in [0.25, 0.3) is 5.65 Å². The molecule has 0 unspecified atom stereocenters. The highest BCUT2D eigenvalue weighted by atomic mass is 15.1. The lowest BCUT2D eigenvalue weighted by atomic mass is 10.3. The van der Waals surface area contributed by atoms with Crippen LogP contribution in [0, 0.1) is 0 Å². The average Bonchev–Trinajstić information content (AvgIpc) is 2.80. The number of pyridine rings is 1. The zero-order chi connectivity index (χ0) is 13.7. The molecule has 4 nitrogen and oxygen atoms in total. The molecule has 0 aliphatic heterocycles. The van der Waals surface area contributed by atoms with Crippen molar-refractivity contribution in [1.29, 1.82) is 0 Å². The third kappa shape index (κ3) is 3.03. The van der Waals surface area contributed by atoms with E-state index in [4.69, 9.17) is 5.73 Å². The predicted molar refractivity (Wildman–Crippen MR) is 80.6 cm³/mol. The summed E-state index contributed by atoms with van der Waals surface area (Å²) >= 11 is 0. The standard InChI is InChI=1S/C15H20N4/c1-3-9-18(10-4-2)14-5-6-15-17-13(7-8-16)11-19(15)12-14/h3-6,11-12H,1-2,7-10,16H2. The molecule has 2 rings (SSSR count). The Hall–Kier alpha value is -2.07. The van der Waals surface area contributed by atoms with Crippen LogP contribution < -0.4 is 10.6 Å². The molecule has 19 heavy (non-hydrogen) atoms. The number of rotatable bonds is 7. The molecular weight excluding hydrogens is 236 g/mol. The molecular formula is C15H20N4. The van der Waals surface area contributed by atoms with E-state index in [1.165, 1.54) is 0 Å². The molecule has 2 aromatic heterocycles. The van der Waals surface area contributed by atoms with Crippen LogP contribution in [0.2, 0.25) is 0 Å². The van der Waals surface area contributed by atoms with Gasteiger partial charge in [0.25, 0.3) is 0 Å². The van der Waals surface area contributed by atoms with Crippen LogP contribution in [-0.2, 0) is 6.42 Å². The van der Waals surface area contributed by atoms with E-state index in [-0.39, 0.29) is 0 Å². The van der Waals surface area contributed by atoms with Gasteiger partial charge < -0.3 is 15.0 Å². The average molecular weight is 256 g/mol. The molecule has 0 atom stereocenters. The lowest BCUT2D eigenvalue weighted by Crippen LogP contribution is -2.23. The molecule has 100 valence electrons. The Morgan fingerprint density at radius 1 is 1.21 bits per heavy atom. The molecule has 0 aliphatic rings. The van der Waals surface area contributed by atoms with Gasteiger partial charge in [0.2, 0.25) is 0 Å². The van der Waals surface area contributed by atoms with Crippen LogP contribution in [0.4, 0.5) is 5.69 Å². The maximum absolute atomic E-state index is 5.56. The van der Waals surface area contributed by atoms with Crippen molar-refractivity contribution < 1.29 is 0 Å². The zero-order valence-electron chi connectivity index (χ0n) is 11.1. The van der Waals surface area contributed by atoms with Gasteiger partial charge in [0.05, 0.1) is 11.4 Å². The van der Waals surface area contributed by atoms with Crippen molar-refractivity contribution >= 4 is 11.3 Å². The summed E-state index contributed by atoms with van der Waals surface area (Å²) in [6, 6.07) is 4.09. The second kappa shape index (κ2) is 6.20. The summed E-state index contributed by atoms with van der Waals surface area (Å²) in [6.45, 7) is 9.79. The first-order chi connectivity index (χ1) is 9.28. The van der Waals surface area contributed by atoms with Crippen LogP contribution in [-0.4, -0.2) is 29.0 Å². The Labute approximate surface area is 113 Å². The number of fused-ring (bicyclic) bond motifs is 1. The highest BCUT2D eigenvalue weighted by Gasteiger charge is 2.06. The molecule has 4 heteroatoms. The quantitative estimate of drug-likeness (QED) is 0.771. The van der Waals surface area contributed by atoms with Crippen LogP contribution in [0.1, 0.15) is 5.69 Å². The fraction of sp³-hybridized carbons (Fsp3) is 0.267. The van der Waals surface area contributed by atoms with E-state index in [0.717, 1.165) is 36.5 Å². The molecule has 0 fully saturated rings. The van der Waals surface area contributed by atoms with Gasteiger partial charge in [-0.05, 0) is 18.7 Å². The first-order valence-corrected chi connectivity index (χ1v) is 6.43. The number of aromatic nitrogens is 2. The molecule has 2 heterocycles. The molecule has 0 aliphatic carbocycles. The van der Waals surface area contributed by atoms with Crippen molar-refractivity contribution in [2.75, 3.05) is 24.5 Å². The van der Waals surface area contributed by atoms with Crippen molar-refractivity contribution in [3.8, 4) is 0 Å². The van der Waals surface area contributed by atoms with Crippen LogP contribution in [0.15, 0.2) is 49.8 Å². The Balaban J connectivity index is 2.32. The summed E-state index contributed by atoms with van der Waals surface area (Å²) < 4.78 is 2.04. The second-order valence-corrected chi connectivity index (χ2v) is 4.41. The minimum atomic E-state index is 0.621. The molecule has 0 spiro atoms. The first-order valence-electron chi connectivity index (χ1n) is 6.43. The van der Waals surface area contributed by atoms with Crippen molar-refractivity contribution in [3.63, 3.8) is 0 Å². The highest BCUT2D eigenvalue weighted by Crippen LogP contribution is 2.16.